The molecule has 0 radical (unpaired) electrons. The molecular weight excluding hydrogens is 333 g/mol. The molecule has 94 valence electrons. The van der Waals surface area contributed by atoms with Crippen LogP contribution in [0.2, 0.25) is 5.02 Å². The molecule has 2 aromatic rings. The molecule has 1 aromatic carbocycles. The highest BCUT2D eigenvalue weighted by Gasteiger charge is 2.19. The molecule has 0 bridgehead atoms. The molecular formula is C14H12BrCl2N. The van der Waals surface area contributed by atoms with Gasteiger partial charge in [0, 0.05) is 27.8 Å². The van der Waals surface area contributed by atoms with E-state index in [0.29, 0.717) is 5.02 Å². The number of benzene rings is 1. The topological polar surface area (TPSA) is 12.9 Å². The summed E-state index contributed by atoms with van der Waals surface area (Å²) in [7, 11) is 0. The summed E-state index contributed by atoms with van der Waals surface area (Å²) in [5, 5.41) is 0.564. The maximum Gasteiger partial charge on any atom is 0.0652 e. The number of hydrogen-bond acceptors (Lipinski definition) is 1. The molecule has 0 spiro atoms. The SMILES string of the molecule is CC(c1ccncc1)C(Cl)c1cc(Cl)cc(Br)c1. The largest absolute Gasteiger partial charge is 0.265 e. The van der Waals surface area contributed by atoms with Gasteiger partial charge in [-0.15, -0.1) is 11.6 Å². The summed E-state index contributed by atoms with van der Waals surface area (Å²) >= 11 is 16.0. The van der Waals surface area contributed by atoms with Crippen LogP contribution in [0, 0.1) is 0 Å². The first kappa shape index (κ1) is 13.9. The van der Waals surface area contributed by atoms with Crippen molar-refractivity contribution < 1.29 is 0 Å². The summed E-state index contributed by atoms with van der Waals surface area (Å²) in [6.07, 6.45) is 3.56. The van der Waals surface area contributed by atoms with Crippen molar-refractivity contribution >= 4 is 39.1 Å². The lowest BCUT2D eigenvalue weighted by Gasteiger charge is -2.19. The molecule has 18 heavy (non-hydrogen) atoms. The summed E-state index contributed by atoms with van der Waals surface area (Å²) in [6.45, 7) is 2.10. The number of halogens is 3. The third-order valence-electron chi connectivity index (χ3n) is 2.87. The molecule has 1 nitrogen and oxygen atoms in total. The number of rotatable bonds is 3. The van der Waals surface area contributed by atoms with E-state index in [9.17, 15) is 0 Å². The monoisotopic (exact) mass is 343 g/mol. The molecule has 1 aromatic heterocycles. The fraction of sp³-hybridized carbons (Fsp3) is 0.214. The van der Waals surface area contributed by atoms with Crippen LogP contribution in [0.1, 0.15) is 29.3 Å². The second kappa shape index (κ2) is 6.05. The van der Waals surface area contributed by atoms with E-state index >= 15 is 0 Å². The number of alkyl halides is 1. The molecule has 0 amide bonds. The minimum atomic E-state index is -0.123. The standard InChI is InChI=1S/C14H12BrCl2N/c1-9(10-2-4-18-5-3-10)14(17)11-6-12(15)8-13(16)7-11/h2-9,14H,1H3. The molecule has 2 rings (SSSR count). The number of nitrogens with zero attached hydrogens (tertiary/aromatic N) is 1. The van der Waals surface area contributed by atoms with Crippen LogP contribution in [-0.4, -0.2) is 4.98 Å². The number of hydrogen-bond donors (Lipinski definition) is 0. The minimum absolute atomic E-state index is 0.123. The van der Waals surface area contributed by atoms with Crippen LogP contribution in [0.15, 0.2) is 47.2 Å². The molecule has 4 heteroatoms. The van der Waals surface area contributed by atoms with Gasteiger partial charge in [0.2, 0.25) is 0 Å². The smallest absolute Gasteiger partial charge is 0.0652 e. The quantitative estimate of drug-likeness (QED) is 0.662. The zero-order valence-corrected chi connectivity index (χ0v) is 12.9. The first-order chi connectivity index (χ1) is 8.58. The van der Waals surface area contributed by atoms with E-state index in [1.165, 1.54) is 5.56 Å². The van der Waals surface area contributed by atoms with Crippen LogP contribution < -0.4 is 0 Å². The van der Waals surface area contributed by atoms with Crippen LogP contribution in [0.4, 0.5) is 0 Å². The van der Waals surface area contributed by atoms with Crippen molar-refractivity contribution in [2.24, 2.45) is 0 Å². The van der Waals surface area contributed by atoms with Crippen molar-refractivity contribution in [2.75, 3.05) is 0 Å². The van der Waals surface area contributed by atoms with Crippen molar-refractivity contribution in [1.29, 1.82) is 0 Å². The highest BCUT2D eigenvalue weighted by Crippen LogP contribution is 2.37. The normalized spacial score (nSPS) is 14.2. The Balaban J connectivity index is 2.28. The van der Waals surface area contributed by atoms with Crippen molar-refractivity contribution in [2.45, 2.75) is 18.2 Å². The van der Waals surface area contributed by atoms with E-state index in [2.05, 4.69) is 27.8 Å². The van der Waals surface area contributed by atoms with E-state index in [1.807, 2.05) is 30.3 Å². The summed E-state index contributed by atoms with van der Waals surface area (Å²) < 4.78 is 0.942. The molecule has 0 N–H and O–H groups in total. The Bertz CT molecular complexity index is 510. The highest BCUT2D eigenvalue weighted by molar-refractivity contribution is 9.10. The molecule has 2 atom stereocenters. The van der Waals surface area contributed by atoms with Crippen LogP contribution in [0.5, 0.6) is 0 Å². The molecule has 1 heterocycles. The van der Waals surface area contributed by atoms with Crippen LogP contribution in [-0.2, 0) is 0 Å². The van der Waals surface area contributed by atoms with Gasteiger partial charge in [-0.3, -0.25) is 4.98 Å². The van der Waals surface area contributed by atoms with Gasteiger partial charge in [-0.2, -0.15) is 0 Å². The lowest BCUT2D eigenvalue weighted by atomic mass is 9.94. The third-order valence-corrected chi connectivity index (χ3v) is 4.18. The van der Waals surface area contributed by atoms with Gasteiger partial charge in [-0.05, 0) is 41.5 Å². The fourth-order valence-corrected chi connectivity index (χ4v) is 3.02. The molecule has 0 saturated heterocycles. The summed E-state index contributed by atoms with van der Waals surface area (Å²) in [5.74, 6) is 0.194. The lowest BCUT2D eigenvalue weighted by molar-refractivity contribution is 0.730. The van der Waals surface area contributed by atoms with Crippen LogP contribution >= 0.6 is 39.1 Å². The molecule has 2 unspecified atom stereocenters. The van der Waals surface area contributed by atoms with Gasteiger partial charge in [-0.1, -0.05) is 34.5 Å². The zero-order valence-electron chi connectivity index (χ0n) is 9.78. The van der Waals surface area contributed by atoms with Gasteiger partial charge < -0.3 is 0 Å². The molecule has 0 aliphatic heterocycles. The second-order valence-electron chi connectivity index (χ2n) is 4.17. The first-order valence-electron chi connectivity index (χ1n) is 5.58. The Hall–Kier alpha value is -0.570. The van der Waals surface area contributed by atoms with E-state index in [1.54, 1.807) is 12.4 Å². The maximum absolute atomic E-state index is 6.54. The van der Waals surface area contributed by atoms with Crippen LogP contribution in [0.25, 0.3) is 0 Å². The predicted molar refractivity (Wildman–Crippen MR) is 80.4 cm³/mol. The van der Waals surface area contributed by atoms with E-state index < -0.39 is 0 Å². The van der Waals surface area contributed by atoms with Crippen LogP contribution in [0.3, 0.4) is 0 Å². The molecule has 0 saturated carbocycles. The fourth-order valence-electron chi connectivity index (χ4n) is 1.86. The average Bonchev–Trinajstić information content (AvgIpc) is 2.37. The van der Waals surface area contributed by atoms with Gasteiger partial charge in [0.05, 0.1) is 5.38 Å². The van der Waals surface area contributed by atoms with E-state index in [4.69, 9.17) is 23.2 Å². The average molecular weight is 345 g/mol. The summed E-state index contributed by atoms with van der Waals surface area (Å²) in [6, 6.07) is 9.73. The van der Waals surface area contributed by atoms with Gasteiger partial charge in [0.25, 0.3) is 0 Å². The zero-order chi connectivity index (χ0) is 13.1. The highest BCUT2D eigenvalue weighted by atomic mass is 79.9. The van der Waals surface area contributed by atoms with Gasteiger partial charge >= 0.3 is 0 Å². The Labute approximate surface area is 125 Å². The summed E-state index contributed by atoms with van der Waals surface area (Å²) in [5.41, 5.74) is 2.18. The Kier molecular flexibility index (Phi) is 4.66. The third kappa shape index (κ3) is 3.25. The Morgan fingerprint density at radius 1 is 1.11 bits per heavy atom. The van der Waals surface area contributed by atoms with Crippen molar-refractivity contribution in [1.82, 2.24) is 4.98 Å². The van der Waals surface area contributed by atoms with E-state index in [-0.39, 0.29) is 11.3 Å². The molecule has 0 fully saturated rings. The van der Waals surface area contributed by atoms with Gasteiger partial charge in [0.1, 0.15) is 0 Å². The van der Waals surface area contributed by atoms with Crippen molar-refractivity contribution in [3.8, 4) is 0 Å². The Morgan fingerprint density at radius 2 is 1.78 bits per heavy atom. The maximum atomic E-state index is 6.54. The van der Waals surface area contributed by atoms with E-state index in [0.717, 1.165) is 10.0 Å². The molecule has 0 aliphatic carbocycles. The number of pyridine rings is 1. The van der Waals surface area contributed by atoms with Crippen molar-refractivity contribution in [3.63, 3.8) is 0 Å². The minimum Gasteiger partial charge on any atom is -0.265 e. The molecule has 0 aliphatic rings. The number of aromatic nitrogens is 1. The van der Waals surface area contributed by atoms with Gasteiger partial charge in [-0.25, -0.2) is 0 Å². The second-order valence-corrected chi connectivity index (χ2v) is 6.00. The predicted octanol–water partition coefficient (Wildman–Crippen LogP) is 5.58. The first-order valence-corrected chi connectivity index (χ1v) is 7.18. The van der Waals surface area contributed by atoms with Gasteiger partial charge in [0.15, 0.2) is 0 Å². The van der Waals surface area contributed by atoms with Crippen molar-refractivity contribution in [3.05, 3.63) is 63.3 Å². The lowest BCUT2D eigenvalue weighted by Crippen LogP contribution is -2.02. The summed E-state index contributed by atoms with van der Waals surface area (Å²) in [4.78, 5) is 4.02. The Morgan fingerprint density at radius 3 is 2.39 bits per heavy atom.